The number of carbonyl (C=O) groups excluding carboxylic acids is 4. The molecule has 0 aliphatic heterocycles. The molecule has 30 heavy (non-hydrogen) atoms. The second kappa shape index (κ2) is 12.2. The first-order chi connectivity index (χ1) is 14.5. The Labute approximate surface area is 175 Å². The van der Waals surface area contributed by atoms with E-state index in [2.05, 4.69) is 15.4 Å². The lowest BCUT2D eigenvalue weighted by molar-refractivity contribution is -0.144. The lowest BCUT2D eigenvalue weighted by atomic mass is 9.98. The number of anilines is 2. The SMILES string of the molecule is CCOC(=O)/C=C\C(=O)Nc1ccc(NC(=O)/C=C\C(=O)OC2CCCCC2)cc1. The summed E-state index contributed by atoms with van der Waals surface area (Å²) in [6.45, 7) is 1.90. The molecule has 0 spiro atoms. The van der Waals surface area contributed by atoms with E-state index in [4.69, 9.17) is 4.74 Å². The van der Waals surface area contributed by atoms with E-state index in [1.807, 2.05) is 0 Å². The molecule has 1 fully saturated rings. The average molecular weight is 414 g/mol. The molecular formula is C22H26N2O6. The third-order valence-electron chi connectivity index (χ3n) is 4.28. The minimum atomic E-state index is -0.596. The molecule has 0 radical (unpaired) electrons. The molecule has 2 amide bonds. The molecule has 1 saturated carbocycles. The predicted octanol–water partition coefficient (Wildman–Crippen LogP) is 3.12. The van der Waals surface area contributed by atoms with Gasteiger partial charge in [0.25, 0.3) is 0 Å². The van der Waals surface area contributed by atoms with Crippen LogP contribution < -0.4 is 10.6 Å². The van der Waals surface area contributed by atoms with Crippen LogP contribution in [0, 0.1) is 0 Å². The van der Waals surface area contributed by atoms with Gasteiger partial charge in [-0.3, -0.25) is 9.59 Å². The molecule has 8 nitrogen and oxygen atoms in total. The van der Waals surface area contributed by atoms with E-state index in [9.17, 15) is 19.2 Å². The Hall–Kier alpha value is -3.42. The number of nitrogens with one attached hydrogen (secondary N) is 2. The normalized spacial score (nSPS) is 14.4. The summed E-state index contributed by atoms with van der Waals surface area (Å²) in [4.78, 5) is 46.7. The van der Waals surface area contributed by atoms with E-state index in [-0.39, 0.29) is 12.7 Å². The Bertz CT molecular complexity index is 807. The first-order valence-corrected chi connectivity index (χ1v) is 9.92. The zero-order valence-corrected chi connectivity index (χ0v) is 16.9. The summed E-state index contributed by atoms with van der Waals surface area (Å²) in [6, 6.07) is 6.37. The fraction of sp³-hybridized carbons (Fsp3) is 0.364. The Balaban J connectivity index is 1.77. The smallest absolute Gasteiger partial charge is 0.331 e. The molecule has 160 valence electrons. The second-order valence-electron chi connectivity index (χ2n) is 6.67. The Morgan fingerprint density at radius 2 is 1.33 bits per heavy atom. The second-order valence-corrected chi connectivity index (χ2v) is 6.67. The number of esters is 2. The molecule has 1 aliphatic carbocycles. The number of ether oxygens (including phenoxy) is 2. The van der Waals surface area contributed by atoms with Crippen LogP contribution in [0.25, 0.3) is 0 Å². The fourth-order valence-electron chi connectivity index (χ4n) is 2.87. The Kier molecular flexibility index (Phi) is 9.30. The standard InChI is InChI=1S/C22H26N2O6/c1-2-29-21(27)14-12-19(25)23-16-8-10-17(11-9-16)24-20(26)13-15-22(28)30-18-6-4-3-5-7-18/h8-15,18H,2-7H2,1H3,(H,23,25)(H,24,26)/b14-12-,15-13-. The number of amides is 2. The zero-order valence-electron chi connectivity index (χ0n) is 16.9. The van der Waals surface area contributed by atoms with Crippen molar-refractivity contribution in [2.24, 2.45) is 0 Å². The Morgan fingerprint density at radius 1 is 0.833 bits per heavy atom. The van der Waals surface area contributed by atoms with Crippen molar-refractivity contribution in [1.82, 2.24) is 0 Å². The first-order valence-electron chi connectivity index (χ1n) is 9.92. The highest BCUT2D eigenvalue weighted by Gasteiger charge is 2.16. The van der Waals surface area contributed by atoms with Crippen molar-refractivity contribution in [2.75, 3.05) is 17.2 Å². The van der Waals surface area contributed by atoms with E-state index in [0.717, 1.165) is 50.0 Å². The van der Waals surface area contributed by atoms with Crippen LogP contribution in [-0.4, -0.2) is 36.5 Å². The van der Waals surface area contributed by atoms with Crippen LogP contribution in [0.5, 0.6) is 0 Å². The van der Waals surface area contributed by atoms with E-state index in [1.54, 1.807) is 31.2 Å². The molecule has 0 unspecified atom stereocenters. The molecule has 0 bridgehead atoms. The maximum atomic E-state index is 11.9. The largest absolute Gasteiger partial charge is 0.463 e. The maximum absolute atomic E-state index is 11.9. The van der Waals surface area contributed by atoms with Gasteiger partial charge in [-0.2, -0.15) is 0 Å². The number of hydrogen-bond donors (Lipinski definition) is 2. The minimum Gasteiger partial charge on any atom is -0.463 e. The van der Waals surface area contributed by atoms with Crippen molar-refractivity contribution in [3.05, 3.63) is 48.6 Å². The van der Waals surface area contributed by atoms with Crippen molar-refractivity contribution in [3.63, 3.8) is 0 Å². The molecule has 1 aromatic carbocycles. The van der Waals surface area contributed by atoms with Crippen LogP contribution in [0.4, 0.5) is 11.4 Å². The molecule has 0 aromatic heterocycles. The van der Waals surface area contributed by atoms with E-state index >= 15 is 0 Å². The zero-order chi connectivity index (χ0) is 21.8. The quantitative estimate of drug-likeness (QED) is 0.499. The average Bonchev–Trinajstić information content (AvgIpc) is 2.73. The lowest BCUT2D eigenvalue weighted by Gasteiger charge is -2.20. The molecule has 0 heterocycles. The van der Waals surface area contributed by atoms with E-state index in [0.29, 0.717) is 11.4 Å². The Morgan fingerprint density at radius 3 is 1.83 bits per heavy atom. The van der Waals surface area contributed by atoms with Crippen LogP contribution in [0.3, 0.4) is 0 Å². The van der Waals surface area contributed by atoms with Crippen molar-refractivity contribution in [1.29, 1.82) is 0 Å². The summed E-state index contributed by atoms with van der Waals surface area (Å²) in [5.41, 5.74) is 0.975. The third-order valence-corrected chi connectivity index (χ3v) is 4.28. The van der Waals surface area contributed by atoms with Gasteiger partial charge in [0, 0.05) is 35.7 Å². The van der Waals surface area contributed by atoms with Crippen molar-refractivity contribution < 1.29 is 28.7 Å². The highest BCUT2D eigenvalue weighted by molar-refractivity contribution is 6.04. The van der Waals surface area contributed by atoms with Gasteiger partial charge in [-0.1, -0.05) is 6.42 Å². The van der Waals surface area contributed by atoms with Gasteiger partial charge < -0.3 is 20.1 Å². The van der Waals surface area contributed by atoms with Crippen LogP contribution >= 0.6 is 0 Å². The molecule has 1 aromatic rings. The minimum absolute atomic E-state index is 0.0612. The van der Waals surface area contributed by atoms with Gasteiger partial charge in [0.2, 0.25) is 11.8 Å². The molecular weight excluding hydrogens is 388 g/mol. The number of benzene rings is 1. The van der Waals surface area contributed by atoms with Gasteiger partial charge in [0.15, 0.2) is 0 Å². The highest BCUT2D eigenvalue weighted by atomic mass is 16.5. The van der Waals surface area contributed by atoms with Gasteiger partial charge >= 0.3 is 11.9 Å². The highest BCUT2D eigenvalue weighted by Crippen LogP contribution is 2.20. The molecule has 2 rings (SSSR count). The van der Waals surface area contributed by atoms with E-state index < -0.39 is 23.8 Å². The van der Waals surface area contributed by atoms with Gasteiger partial charge in [-0.05, 0) is 56.9 Å². The molecule has 1 aliphatic rings. The maximum Gasteiger partial charge on any atom is 0.331 e. The summed E-state index contributed by atoms with van der Waals surface area (Å²) >= 11 is 0. The topological polar surface area (TPSA) is 111 Å². The summed E-state index contributed by atoms with van der Waals surface area (Å²) in [7, 11) is 0. The molecule has 8 heteroatoms. The molecule has 0 atom stereocenters. The van der Waals surface area contributed by atoms with Gasteiger partial charge in [0.05, 0.1) is 6.61 Å². The van der Waals surface area contributed by atoms with Crippen molar-refractivity contribution >= 4 is 35.1 Å². The number of rotatable bonds is 8. The van der Waals surface area contributed by atoms with Gasteiger partial charge in [-0.15, -0.1) is 0 Å². The monoisotopic (exact) mass is 414 g/mol. The molecule has 2 N–H and O–H groups in total. The summed E-state index contributed by atoms with van der Waals surface area (Å²) in [5, 5.41) is 5.19. The summed E-state index contributed by atoms with van der Waals surface area (Å²) in [6.07, 6.45) is 9.31. The molecule has 0 saturated heterocycles. The summed E-state index contributed by atoms with van der Waals surface area (Å²) in [5.74, 6) is -2.07. The number of hydrogen-bond acceptors (Lipinski definition) is 6. The lowest BCUT2D eigenvalue weighted by Crippen LogP contribution is -2.20. The predicted molar refractivity (Wildman–Crippen MR) is 112 cm³/mol. The number of carbonyl (C=O) groups is 4. The van der Waals surface area contributed by atoms with Crippen molar-refractivity contribution in [3.8, 4) is 0 Å². The van der Waals surface area contributed by atoms with Gasteiger partial charge in [0.1, 0.15) is 6.10 Å². The van der Waals surface area contributed by atoms with Crippen LogP contribution in [-0.2, 0) is 28.7 Å². The first kappa shape index (κ1) is 22.9. The third kappa shape index (κ3) is 8.72. The van der Waals surface area contributed by atoms with Crippen LogP contribution in [0.2, 0.25) is 0 Å². The van der Waals surface area contributed by atoms with E-state index in [1.165, 1.54) is 6.42 Å². The van der Waals surface area contributed by atoms with Crippen LogP contribution in [0.1, 0.15) is 39.0 Å². The van der Waals surface area contributed by atoms with Crippen molar-refractivity contribution in [2.45, 2.75) is 45.1 Å². The van der Waals surface area contributed by atoms with Crippen LogP contribution in [0.15, 0.2) is 48.6 Å². The van der Waals surface area contributed by atoms with Gasteiger partial charge in [-0.25, -0.2) is 9.59 Å². The summed E-state index contributed by atoms with van der Waals surface area (Å²) < 4.78 is 10.00. The fourth-order valence-corrected chi connectivity index (χ4v) is 2.87.